The van der Waals surface area contributed by atoms with Crippen molar-refractivity contribution >= 4 is 17.7 Å². The highest BCUT2D eigenvalue weighted by Gasteiger charge is 2.32. The van der Waals surface area contributed by atoms with Crippen LogP contribution in [0.3, 0.4) is 0 Å². The molecule has 1 aliphatic rings. The van der Waals surface area contributed by atoms with Gasteiger partial charge in [-0.1, -0.05) is 0 Å². The maximum Gasteiger partial charge on any atom is 0.265 e. The number of aliphatic hydroxyl groups excluding tert-OH is 1. The van der Waals surface area contributed by atoms with Gasteiger partial charge in [-0.05, 0) is 5.16 Å². The van der Waals surface area contributed by atoms with E-state index in [2.05, 4.69) is 10.1 Å². The zero-order valence-electron chi connectivity index (χ0n) is 8.17. The molecular weight excluding hydrogens is 202 g/mol. The summed E-state index contributed by atoms with van der Waals surface area (Å²) in [5.74, 6) is 2.72. The Kier molecular flexibility index (Phi) is 2.64. The molecule has 1 fully saturated rings. The van der Waals surface area contributed by atoms with Crippen LogP contribution >= 0.6 is 11.8 Å². The van der Waals surface area contributed by atoms with Gasteiger partial charge in [0.2, 0.25) is 5.89 Å². The Morgan fingerprint density at radius 3 is 2.79 bits per heavy atom. The molecule has 0 aliphatic carbocycles. The molecular formula is C8H13N3O2S. The molecule has 0 bridgehead atoms. The number of nitrogens with zero attached hydrogens (tertiary/aromatic N) is 3. The van der Waals surface area contributed by atoms with Crippen LogP contribution in [-0.2, 0) is 0 Å². The lowest BCUT2D eigenvalue weighted by molar-refractivity contribution is 0.164. The fraction of sp³-hybridized carbons (Fsp3) is 0.750. The minimum Gasteiger partial charge on any atom is -0.391 e. The molecule has 0 saturated carbocycles. The molecule has 2 unspecified atom stereocenters. The molecule has 5 nitrogen and oxygen atoms in total. The van der Waals surface area contributed by atoms with Crippen LogP contribution in [0.5, 0.6) is 0 Å². The first-order valence-electron chi connectivity index (χ1n) is 4.45. The first-order chi connectivity index (χ1) is 6.68. The van der Waals surface area contributed by atoms with Gasteiger partial charge in [0.25, 0.3) is 5.95 Å². The van der Waals surface area contributed by atoms with E-state index in [0.29, 0.717) is 11.8 Å². The van der Waals surface area contributed by atoms with Crippen LogP contribution in [0.1, 0.15) is 11.8 Å². The summed E-state index contributed by atoms with van der Waals surface area (Å²) in [7, 11) is 3.71. The number of hydrogen-bond donors (Lipinski definition) is 1. The van der Waals surface area contributed by atoms with E-state index in [1.54, 1.807) is 16.7 Å². The van der Waals surface area contributed by atoms with Crippen LogP contribution in [0.4, 0.5) is 5.95 Å². The van der Waals surface area contributed by atoms with E-state index in [-0.39, 0.29) is 12.0 Å². The average molecular weight is 215 g/mol. The number of aliphatic hydroxyl groups is 1. The number of aromatic nitrogens is 2. The van der Waals surface area contributed by atoms with Gasteiger partial charge in [0, 0.05) is 25.6 Å². The van der Waals surface area contributed by atoms with Crippen LogP contribution in [0.2, 0.25) is 0 Å². The predicted octanol–water partition coefficient (Wildman–Crippen LogP) is 0.327. The van der Waals surface area contributed by atoms with Gasteiger partial charge in [0.1, 0.15) is 0 Å². The molecule has 1 aliphatic heterocycles. The van der Waals surface area contributed by atoms with Crippen LogP contribution in [0, 0.1) is 0 Å². The zero-order chi connectivity index (χ0) is 10.1. The fourth-order valence-electron chi connectivity index (χ4n) is 1.34. The Bertz CT molecular complexity index is 315. The van der Waals surface area contributed by atoms with E-state index < -0.39 is 0 Å². The number of anilines is 1. The van der Waals surface area contributed by atoms with Crippen LogP contribution in [0.15, 0.2) is 4.52 Å². The third kappa shape index (κ3) is 1.72. The van der Waals surface area contributed by atoms with Gasteiger partial charge < -0.3 is 14.5 Å². The maximum atomic E-state index is 9.63. The van der Waals surface area contributed by atoms with Crippen LogP contribution in [0.25, 0.3) is 0 Å². The van der Waals surface area contributed by atoms with Gasteiger partial charge in [-0.3, -0.25) is 0 Å². The molecule has 0 amide bonds. The first kappa shape index (κ1) is 9.79. The van der Waals surface area contributed by atoms with Gasteiger partial charge in [0.15, 0.2) is 0 Å². The highest BCUT2D eigenvalue weighted by molar-refractivity contribution is 7.99. The van der Waals surface area contributed by atoms with Gasteiger partial charge in [-0.2, -0.15) is 16.7 Å². The third-order valence-electron chi connectivity index (χ3n) is 2.20. The summed E-state index contributed by atoms with van der Waals surface area (Å²) in [5, 5.41) is 13.4. The largest absolute Gasteiger partial charge is 0.391 e. The monoisotopic (exact) mass is 215 g/mol. The van der Waals surface area contributed by atoms with E-state index in [4.69, 9.17) is 4.52 Å². The standard InChI is InChI=1S/C8H13N3O2S/c1-11(2)8-9-7(13-10-8)5-3-14-4-6(5)12/h5-6,12H,3-4H2,1-2H3. The Morgan fingerprint density at radius 2 is 2.29 bits per heavy atom. The number of hydrogen-bond acceptors (Lipinski definition) is 6. The average Bonchev–Trinajstić information content (AvgIpc) is 2.71. The molecule has 1 aromatic rings. The van der Waals surface area contributed by atoms with E-state index in [1.165, 1.54) is 0 Å². The second-order valence-electron chi connectivity index (χ2n) is 3.54. The molecule has 2 heterocycles. The summed E-state index contributed by atoms with van der Waals surface area (Å²) < 4.78 is 5.10. The molecule has 0 aromatic carbocycles. The molecule has 0 spiro atoms. The summed E-state index contributed by atoms with van der Waals surface area (Å²) in [6.45, 7) is 0. The van der Waals surface area contributed by atoms with Crippen molar-refractivity contribution in [2.75, 3.05) is 30.5 Å². The highest BCUT2D eigenvalue weighted by atomic mass is 32.2. The third-order valence-corrected chi connectivity index (χ3v) is 3.37. The molecule has 1 N–H and O–H groups in total. The van der Waals surface area contributed by atoms with Crippen molar-refractivity contribution in [2.24, 2.45) is 0 Å². The van der Waals surface area contributed by atoms with E-state index in [0.717, 1.165) is 11.5 Å². The van der Waals surface area contributed by atoms with Crippen molar-refractivity contribution in [3.8, 4) is 0 Å². The Balaban J connectivity index is 2.16. The van der Waals surface area contributed by atoms with Crippen molar-refractivity contribution < 1.29 is 9.63 Å². The van der Waals surface area contributed by atoms with E-state index in [1.807, 2.05) is 14.1 Å². The highest BCUT2D eigenvalue weighted by Crippen LogP contribution is 2.32. The first-order valence-corrected chi connectivity index (χ1v) is 5.60. The molecule has 0 radical (unpaired) electrons. The summed E-state index contributed by atoms with van der Waals surface area (Å²) in [5.41, 5.74) is 0. The molecule has 1 saturated heterocycles. The Labute approximate surface area is 86.5 Å². The topological polar surface area (TPSA) is 62.4 Å². The molecule has 78 valence electrons. The van der Waals surface area contributed by atoms with E-state index in [9.17, 15) is 5.11 Å². The lowest BCUT2D eigenvalue weighted by Crippen LogP contribution is -2.16. The van der Waals surface area contributed by atoms with Crippen molar-refractivity contribution in [1.29, 1.82) is 0 Å². The summed E-state index contributed by atoms with van der Waals surface area (Å²) in [4.78, 5) is 6.00. The van der Waals surface area contributed by atoms with Crippen molar-refractivity contribution in [1.82, 2.24) is 10.1 Å². The molecule has 6 heteroatoms. The minimum atomic E-state index is -0.351. The van der Waals surface area contributed by atoms with E-state index >= 15 is 0 Å². The molecule has 1 aromatic heterocycles. The second-order valence-corrected chi connectivity index (χ2v) is 4.61. The lowest BCUT2D eigenvalue weighted by Gasteiger charge is -2.07. The Hall–Kier alpha value is -0.750. The van der Waals surface area contributed by atoms with Crippen LogP contribution < -0.4 is 4.90 Å². The van der Waals surface area contributed by atoms with Gasteiger partial charge in [0.05, 0.1) is 12.0 Å². The summed E-state index contributed by atoms with van der Waals surface area (Å²) in [6, 6.07) is 0. The van der Waals surface area contributed by atoms with Gasteiger partial charge in [-0.25, -0.2) is 0 Å². The number of rotatable bonds is 2. The zero-order valence-corrected chi connectivity index (χ0v) is 8.99. The van der Waals surface area contributed by atoms with Gasteiger partial charge in [-0.15, -0.1) is 0 Å². The normalized spacial score (nSPS) is 26.8. The van der Waals surface area contributed by atoms with Crippen molar-refractivity contribution in [2.45, 2.75) is 12.0 Å². The smallest absolute Gasteiger partial charge is 0.265 e. The maximum absolute atomic E-state index is 9.63. The fourth-order valence-corrected chi connectivity index (χ4v) is 2.57. The van der Waals surface area contributed by atoms with Crippen molar-refractivity contribution in [3.63, 3.8) is 0 Å². The van der Waals surface area contributed by atoms with Crippen molar-refractivity contribution in [3.05, 3.63) is 5.89 Å². The van der Waals surface area contributed by atoms with Crippen LogP contribution in [-0.4, -0.2) is 47.0 Å². The molecule has 14 heavy (non-hydrogen) atoms. The molecule has 2 atom stereocenters. The minimum absolute atomic E-state index is 0.00111. The van der Waals surface area contributed by atoms with Gasteiger partial charge >= 0.3 is 0 Å². The molecule has 2 rings (SSSR count). The Morgan fingerprint density at radius 1 is 1.50 bits per heavy atom. The predicted molar refractivity (Wildman–Crippen MR) is 54.7 cm³/mol. The number of thioether (sulfide) groups is 1. The second kappa shape index (κ2) is 3.78. The quantitative estimate of drug-likeness (QED) is 0.767. The lowest BCUT2D eigenvalue weighted by atomic mass is 10.1. The SMILES string of the molecule is CN(C)c1noc(C2CSCC2O)n1. The summed E-state index contributed by atoms with van der Waals surface area (Å²) >= 11 is 1.71. The summed E-state index contributed by atoms with van der Waals surface area (Å²) in [6.07, 6.45) is -0.351.